The predicted octanol–water partition coefficient (Wildman–Crippen LogP) is 28.2. The summed E-state index contributed by atoms with van der Waals surface area (Å²) < 4.78 is 4.87. The van der Waals surface area contributed by atoms with Gasteiger partial charge in [0.2, 0.25) is 0 Å². The van der Waals surface area contributed by atoms with Crippen LogP contribution in [0.5, 0.6) is 0 Å². The summed E-state index contributed by atoms with van der Waals surface area (Å²) in [6.07, 6.45) is 0. The zero-order valence-electron chi connectivity index (χ0n) is 58.2. The largest absolute Gasteiger partial charge is 0.310 e. The molecule has 2 aromatic heterocycles. The molecule has 2 heterocycles. The van der Waals surface area contributed by atoms with E-state index < -0.39 is 0 Å². The van der Waals surface area contributed by atoms with Crippen LogP contribution < -0.4 is 9.80 Å². The molecule has 0 spiro atoms. The third-order valence-electron chi connectivity index (χ3n) is 20.9. The summed E-state index contributed by atoms with van der Waals surface area (Å²) in [5.74, 6) is 0. The molecule has 0 bridgehead atoms. The first kappa shape index (κ1) is 62.9. The zero-order chi connectivity index (χ0) is 70.3. The minimum Gasteiger partial charge on any atom is -0.310 e. The van der Waals surface area contributed by atoms with E-state index in [1.165, 1.54) is 111 Å². The fourth-order valence-corrected chi connectivity index (χ4v) is 15.6. The second-order valence-corrected chi connectivity index (χ2v) is 27.3. The van der Waals surface area contributed by atoms with Gasteiger partial charge < -0.3 is 18.9 Å². The lowest BCUT2D eigenvalue weighted by molar-refractivity contribution is 1.17. The molecular weight excluding hydrogens is 1280 g/mol. The first-order valence-electron chi connectivity index (χ1n) is 36.3. The van der Waals surface area contributed by atoms with Gasteiger partial charge in [-0.3, -0.25) is 0 Å². The average Bonchev–Trinajstić information content (AvgIpc) is 1.58. The van der Waals surface area contributed by atoms with Gasteiger partial charge in [-0.15, -0.1) is 0 Å². The van der Waals surface area contributed by atoms with Crippen molar-refractivity contribution in [2.24, 2.45) is 0 Å². The number of anilines is 6. The van der Waals surface area contributed by atoms with E-state index >= 15 is 0 Å². The van der Waals surface area contributed by atoms with Crippen molar-refractivity contribution in [2.45, 2.75) is 0 Å². The van der Waals surface area contributed by atoms with Gasteiger partial charge in [0.25, 0.3) is 0 Å². The van der Waals surface area contributed by atoms with Crippen LogP contribution in [0.1, 0.15) is 0 Å². The van der Waals surface area contributed by atoms with Crippen LogP contribution in [0, 0.1) is 0 Å². The lowest BCUT2D eigenvalue weighted by atomic mass is 9.97. The minimum atomic E-state index is 1.03. The SMILES string of the molecule is c1ccc(-c2ccc(-c3ccc4c(c3)c3cc(-c5ccc(-c6ccccc6)cc5)ccc3n4-c3ccc(N(c4ccccc4)c4cccc(N(c5ccccc5)c5ccc(-n6c7ccc(-c8ccc(-c9ccccc9)cc8)cc7c7cc(-c8ccc(-c9ccccc9)cc8)ccc76)cc5)c4)cc3)cc2)cc1. The highest BCUT2D eigenvalue weighted by Gasteiger charge is 2.22. The van der Waals surface area contributed by atoms with Crippen LogP contribution in [0.2, 0.25) is 0 Å². The van der Waals surface area contributed by atoms with Crippen molar-refractivity contribution in [3.63, 3.8) is 0 Å². The van der Waals surface area contributed by atoms with E-state index in [0.29, 0.717) is 0 Å². The molecule has 0 N–H and O–H groups in total. The minimum absolute atomic E-state index is 1.03. The van der Waals surface area contributed by atoms with Crippen molar-refractivity contribution in [3.05, 3.63) is 425 Å². The lowest BCUT2D eigenvalue weighted by Crippen LogP contribution is -2.13. The summed E-state index contributed by atoms with van der Waals surface area (Å²) in [5.41, 5.74) is 32.1. The Morgan fingerprint density at radius 1 is 0.132 bits per heavy atom. The summed E-state index contributed by atoms with van der Waals surface area (Å²) in [7, 11) is 0. The van der Waals surface area contributed by atoms with Gasteiger partial charge in [-0.25, -0.2) is 0 Å². The highest BCUT2D eigenvalue weighted by Crippen LogP contribution is 2.45. The van der Waals surface area contributed by atoms with E-state index in [2.05, 4.69) is 444 Å². The monoisotopic (exact) mass is 1350 g/mol. The molecule has 17 aromatic carbocycles. The standard InChI is InChI=1S/C102H70N4/c1-7-20-71(21-8-1)75-34-42-79(43-35-75)83-50-62-99-95(66-83)96-67-84(80-44-36-76(37-45-80)72-22-9-2-10-23-72)51-63-100(96)105(99)91-58-54-89(55-59-91)103(87-28-15-5-16-29-87)93-32-19-33-94(70-93)104(88-30-17-6-18-31-88)90-56-60-92(61-57-90)106-101-64-52-85(81-46-38-77(39-47-81)73-24-11-3-12-25-73)68-97(101)98-69-86(53-65-102(98)106)82-48-40-78(41-49-82)74-26-13-4-14-27-74/h1-70H. The summed E-state index contributed by atoms with van der Waals surface area (Å²) in [4.78, 5) is 4.74. The van der Waals surface area contributed by atoms with Gasteiger partial charge in [0.1, 0.15) is 0 Å². The molecule has 19 aromatic rings. The normalized spacial score (nSPS) is 11.4. The van der Waals surface area contributed by atoms with Crippen LogP contribution in [0.3, 0.4) is 0 Å². The Bertz CT molecular complexity index is 5670. The topological polar surface area (TPSA) is 16.3 Å². The average molecular weight is 1350 g/mol. The maximum absolute atomic E-state index is 2.43. The van der Waals surface area contributed by atoms with E-state index in [4.69, 9.17) is 0 Å². The number of rotatable bonds is 16. The van der Waals surface area contributed by atoms with Crippen molar-refractivity contribution in [1.82, 2.24) is 9.13 Å². The lowest BCUT2D eigenvalue weighted by Gasteiger charge is -2.29. The molecule has 0 saturated carbocycles. The fraction of sp³-hybridized carbons (Fsp3) is 0. The number of aromatic nitrogens is 2. The molecule has 19 rings (SSSR count). The Hall–Kier alpha value is -14.1. The molecule has 4 heteroatoms. The molecular formula is C102H70N4. The maximum Gasteiger partial charge on any atom is 0.0541 e. The number of fused-ring (bicyclic) bond motifs is 6. The molecule has 0 aliphatic heterocycles. The predicted molar refractivity (Wildman–Crippen MR) is 448 cm³/mol. The molecule has 0 saturated heterocycles. The second-order valence-electron chi connectivity index (χ2n) is 27.3. The quantitative estimate of drug-likeness (QED) is 0.0959. The molecule has 4 nitrogen and oxygen atoms in total. The third-order valence-corrected chi connectivity index (χ3v) is 20.9. The molecule has 0 fully saturated rings. The number of nitrogens with zero attached hydrogens (tertiary/aromatic N) is 4. The molecule has 0 aliphatic carbocycles. The van der Waals surface area contributed by atoms with Gasteiger partial charge in [0, 0.05) is 67.0 Å². The van der Waals surface area contributed by atoms with Crippen LogP contribution in [-0.2, 0) is 0 Å². The summed E-state index contributed by atoms with van der Waals surface area (Å²) in [6.45, 7) is 0. The third kappa shape index (κ3) is 12.0. The van der Waals surface area contributed by atoms with Crippen molar-refractivity contribution >= 4 is 77.7 Å². The Balaban J connectivity index is 0.676. The van der Waals surface area contributed by atoms with Crippen molar-refractivity contribution in [1.29, 1.82) is 0 Å². The summed E-state index contributed by atoms with van der Waals surface area (Å²) >= 11 is 0. The van der Waals surface area contributed by atoms with Gasteiger partial charge >= 0.3 is 0 Å². The van der Waals surface area contributed by atoms with Crippen LogP contribution >= 0.6 is 0 Å². The molecule has 0 radical (unpaired) electrons. The van der Waals surface area contributed by atoms with Crippen LogP contribution in [0.25, 0.3) is 144 Å². The van der Waals surface area contributed by atoms with Gasteiger partial charge in [-0.2, -0.15) is 0 Å². The van der Waals surface area contributed by atoms with Crippen molar-refractivity contribution < 1.29 is 0 Å². The smallest absolute Gasteiger partial charge is 0.0541 e. The summed E-state index contributed by atoms with van der Waals surface area (Å²) in [5, 5.41) is 4.80. The number of para-hydroxylation sites is 2. The van der Waals surface area contributed by atoms with Crippen LogP contribution in [0.4, 0.5) is 34.1 Å². The number of benzene rings is 17. The van der Waals surface area contributed by atoms with Gasteiger partial charge in [0.15, 0.2) is 0 Å². The van der Waals surface area contributed by atoms with E-state index in [1.807, 2.05) is 0 Å². The summed E-state index contributed by atoms with van der Waals surface area (Å²) in [6, 6.07) is 155. The van der Waals surface area contributed by atoms with Gasteiger partial charge in [-0.1, -0.05) is 285 Å². The highest BCUT2D eigenvalue weighted by atomic mass is 15.2. The van der Waals surface area contributed by atoms with E-state index in [9.17, 15) is 0 Å². The number of hydrogen-bond donors (Lipinski definition) is 0. The Morgan fingerprint density at radius 3 is 0.566 bits per heavy atom. The first-order valence-corrected chi connectivity index (χ1v) is 36.3. The van der Waals surface area contributed by atoms with E-state index in [0.717, 1.165) is 67.6 Å². The molecule has 0 aliphatic rings. The zero-order valence-corrected chi connectivity index (χ0v) is 58.2. The maximum atomic E-state index is 2.43. The number of hydrogen-bond acceptors (Lipinski definition) is 2. The molecule has 106 heavy (non-hydrogen) atoms. The molecule has 0 atom stereocenters. The Labute approximate surface area is 617 Å². The van der Waals surface area contributed by atoms with Crippen molar-refractivity contribution in [3.8, 4) is 100 Å². The van der Waals surface area contributed by atoms with Gasteiger partial charge in [-0.05, 0) is 229 Å². The van der Waals surface area contributed by atoms with E-state index in [-0.39, 0.29) is 0 Å². The second kappa shape index (κ2) is 27.4. The van der Waals surface area contributed by atoms with Gasteiger partial charge in [0.05, 0.1) is 22.1 Å². The fourth-order valence-electron chi connectivity index (χ4n) is 15.6. The Morgan fingerprint density at radius 2 is 0.321 bits per heavy atom. The first-order chi connectivity index (χ1) is 52.5. The molecule has 498 valence electrons. The van der Waals surface area contributed by atoms with Crippen LogP contribution in [0.15, 0.2) is 425 Å². The Kier molecular flexibility index (Phi) is 16.2. The molecule has 0 unspecified atom stereocenters. The molecule has 0 amide bonds. The highest BCUT2D eigenvalue weighted by molar-refractivity contribution is 6.13. The van der Waals surface area contributed by atoms with Crippen molar-refractivity contribution in [2.75, 3.05) is 9.80 Å². The van der Waals surface area contributed by atoms with E-state index in [1.54, 1.807) is 0 Å². The van der Waals surface area contributed by atoms with Crippen LogP contribution in [-0.4, -0.2) is 9.13 Å².